The second-order valence-corrected chi connectivity index (χ2v) is 7.49. The largest absolute Gasteiger partial charge is 0.396 e. The number of benzene rings is 2. The van der Waals surface area contributed by atoms with Gasteiger partial charge in [-0.2, -0.15) is 5.10 Å². The average molecular weight is 377 g/mol. The third-order valence-corrected chi connectivity index (χ3v) is 5.55. The van der Waals surface area contributed by atoms with Crippen LogP contribution in [-0.2, 0) is 13.1 Å². The molecule has 4 rings (SSSR count). The van der Waals surface area contributed by atoms with Crippen molar-refractivity contribution < 1.29 is 5.11 Å². The third-order valence-electron chi connectivity index (χ3n) is 5.55. The van der Waals surface area contributed by atoms with Crippen molar-refractivity contribution >= 4 is 0 Å². The summed E-state index contributed by atoms with van der Waals surface area (Å²) in [5.74, 6) is 0. The van der Waals surface area contributed by atoms with E-state index in [9.17, 15) is 5.11 Å². The van der Waals surface area contributed by atoms with Gasteiger partial charge in [0.2, 0.25) is 0 Å². The molecule has 1 fully saturated rings. The molecule has 1 saturated heterocycles. The van der Waals surface area contributed by atoms with Crippen molar-refractivity contribution in [2.75, 3.05) is 26.2 Å². The van der Waals surface area contributed by atoms with Crippen molar-refractivity contribution in [1.29, 1.82) is 0 Å². The van der Waals surface area contributed by atoms with Crippen LogP contribution < -0.4 is 0 Å². The van der Waals surface area contributed by atoms with Gasteiger partial charge in [0.05, 0.1) is 11.9 Å². The molecule has 0 bridgehead atoms. The smallest absolute Gasteiger partial charge is 0.0695 e. The van der Waals surface area contributed by atoms with E-state index in [1.54, 1.807) is 0 Å². The van der Waals surface area contributed by atoms with E-state index >= 15 is 0 Å². The monoisotopic (exact) mass is 376 g/mol. The molecule has 0 amide bonds. The highest BCUT2D eigenvalue weighted by molar-refractivity contribution is 5.62. The molecule has 0 saturated carbocycles. The Kier molecular flexibility index (Phi) is 6.17. The Morgan fingerprint density at radius 1 is 0.964 bits per heavy atom. The predicted octanol–water partition coefficient (Wildman–Crippen LogP) is 3.15. The molecule has 2 heterocycles. The van der Waals surface area contributed by atoms with Crippen LogP contribution in [0.2, 0.25) is 0 Å². The fourth-order valence-corrected chi connectivity index (χ4v) is 4.08. The molecule has 0 spiro atoms. The van der Waals surface area contributed by atoms with E-state index < -0.39 is 0 Å². The first-order valence-electron chi connectivity index (χ1n) is 10.0. The lowest BCUT2D eigenvalue weighted by atomic mass is 10.0. The van der Waals surface area contributed by atoms with Crippen molar-refractivity contribution in [3.63, 3.8) is 0 Å². The van der Waals surface area contributed by atoms with Gasteiger partial charge in [0.15, 0.2) is 0 Å². The predicted molar refractivity (Wildman–Crippen MR) is 112 cm³/mol. The number of nitrogens with one attached hydrogen (secondary N) is 1. The summed E-state index contributed by atoms with van der Waals surface area (Å²) < 4.78 is 0. The number of rotatable bonds is 7. The maximum Gasteiger partial charge on any atom is 0.0695 e. The van der Waals surface area contributed by atoms with Gasteiger partial charge in [-0.3, -0.25) is 14.9 Å². The number of hydrogen-bond acceptors (Lipinski definition) is 4. The van der Waals surface area contributed by atoms with Gasteiger partial charge in [0.25, 0.3) is 0 Å². The number of H-pyrrole nitrogens is 1. The molecule has 2 aromatic carbocycles. The zero-order valence-corrected chi connectivity index (χ0v) is 16.2. The minimum atomic E-state index is 0.227. The Labute approximate surface area is 166 Å². The molecule has 0 radical (unpaired) electrons. The van der Waals surface area contributed by atoms with E-state index in [0.29, 0.717) is 6.04 Å². The summed E-state index contributed by atoms with van der Waals surface area (Å²) in [6.07, 6.45) is 2.75. The third kappa shape index (κ3) is 4.50. The average Bonchev–Trinajstić information content (AvgIpc) is 3.20. The van der Waals surface area contributed by atoms with Crippen molar-refractivity contribution in [2.24, 2.45) is 0 Å². The van der Waals surface area contributed by atoms with Crippen LogP contribution in [0.5, 0.6) is 0 Å². The number of piperazine rings is 1. The fraction of sp³-hybridized carbons (Fsp3) is 0.348. The first kappa shape index (κ1) is 18.9. The van der Waals surface area contributed by atoms with Crippen LogP contribution in [0.3, 0.4) is 0 Å². The molecular formula is C23H28N4O. The minimum Gasteiger partial charge on any atom is -0.396 e. The number of aliphatic hydroxyl groups excluding tert-OH is 1. The topological polar surface area (TPSA) is 55.4 Å². The standard InChI is InChI=1S/C23H28N4O/c28-14-11-22-18-26(12-13-27(22)16-19-7-3-1-4-8-19)17-21-15-24-25-23(21)20-9-5-2-6-10-20/h1-10,15,22,28H,11-14,16-18H2,(H,24,25). The molecule has 3 aromatic rings. The highest BCUT2D eigenvalue weighted by Gasteiger charge is 2.27. The van der Waals surface area contributed by atoms with Crippen LogP contribution in [0, 0.1) is 0 Å². The van der Waals surface area contributed by atoms with E-state index in [0.717, 1.165) is 44.8 Å². The molecule has 1 aliphatic rings. The quantitative estimate of drug-likeness (QED) is 0.665. The summed E-state index contributed by atoms with van der Waals surface area (Å²) in [5, 5.41) is 17.0. The molecule has 1 unspecified atom stereocenters. The van der Waals surface area contributed by atoms with Gasteiger partial charge in [0.1, 0.15) is 0 Å². The normalized spacial score (nSPS) is 18.4. The lowest BCUT2D eigenvalue weighted by molar-refractivity contribution is 0.0500. The Morgan fingerprint density at radius 3 is 2.46 bits per heavy atom. The SMILES string of the molecule is OCCC1CN(Cc2cn[nH]c2-c2ccccc2)CCN1Cc1ccccc1. The van der Waals surface area contributed by atoms with Gasteiger partial charge >= 0.3 is 0 Å². The second kappa shape index (κ2) is 9.15. The lowest BCUT2D eigenvalue weighted by Gasteiger charge is -2.41. The molecule has 1 atom stereocenters. The van der Waals surface area contributed by atoms with Crippen molar-refractivity contribution in [2.45, 2.75) is 25.6 Å². The van der Waals surface area contributed by atoms with Gasteiger partial charge in [-0.25, -0.2) is 0 Å². The Morgan fingerprint density at radius 2 is 1.71 bits per heavy atom. The first-order valence-corrected chi connectivity index (χ1v) is 10.0. The summed E-state index contributed by atoms with van der Waals surface area (Å²) in [6, 6.07) is 21.3. The highest BCUT2D eigenvalue weighted by Crippen LogP contribution is 2.24. The van der Waals surface area contributed by atoms with Crippen LogP contribution in [0.1, 0.15) is 17.5 Å². The van der Waals surface area contributed by atoms with Crippen LogP contribution in [0.15, 0.2) is 66.9 Å². The lowest BCUT2D eigenvalue weighted by Crippen LogP contribution is -2.52. The molecule has 2 N–H and O–H groups in total. The van der Waals surface area contributed by atoms with Gasteiger partial charge in [0, 0.05) is 50.9 Å². The Hall–Kier alpha value is -2.47. The summed E-state index contributed by atoms with van der Waals surface area (Å²) in [5.41, 5.74) is 4.83. The molecular weight excluding hydrogens is 348 g/mol. The second-order valence-electron chi connectivity index (χ2n) is 7.49. The Balaban J connectivity index is 1.43. The number of aromatic nitrogens is 2. The molecule has 5 heteroatoms. The van der Waals surface area contributed by atoms with E-state index in [2.05, 4.69) is 74.6 Å². The van der Waals surface area contributed by atoms with Crippen LogP contribution >= 0.6 is 0 Å². The maximum absolute atomic E-state index is 9.58. The summed E-state index contributed by atoms with van der Waals surface area (Å²) in [4.78, 5) is 4.99. The van der Waals surface area contributed by atoms with Crippen molar-refractivity contribution in [3.05, 3.63) is 78.0 Å². The van der Waals surface area contributed by atoms with E-state index in [1.807, 2.05) is 12.3 Å². The highest BCUT2D eigenvalue weighted by atomic mass is 16.3. The van der Waals surface area contributed by atoms with E-state index in [-0.39, 0.29) is 6.61 Å². The molecule has 1 aliphatic heterocycles. The van der Waals surface area contributed by atoms with E-state index in [1.165, 1.54) is 16.7 Å². The van der Waals surface area contributed by atoms with Crippen LogP contribution in [-0.4, -0.2) is 57.4 Å². The Bertz CT molecular complexity index is 849. The minimum absolute atomic E-state index is 0.227. The summed E-state index contributed by atoms with van der Waals surface area (Å²) in [7, 11) is 0. The maximum atomic E-state index is 9.58. The van der Waals surface area contributed by atoms with Gasteiger partial charge in [-0.1, -0.05) is 60.7 Å². The number of nitrogens with zero attached hydrogens (tertiary/aromatic N) is 3. The molecule has 1 aromatic heterocycles. The van der Waals surface area contributed by atoms with E-state index in [4.69, 9.17) is 0 Å². The number of hydrogen-bond donors (Lipinski definition) is 2. The van der Waals surface area contributed by atoms with Gasteiger partial charge in [-0.05, 0) is 17.5 Å². The van der Waals surface area contributed by atoms with Crippen molar-refractivity contribution in [1.82, 2.24) is 20.0 Å². The zero-order chi connectivity index (χ0) is 19.2. The number of aromatic amines is 1. The van der Waals surface area contributed by atoms with Gasteiger partial charge in [-0.15, -0.1) is 0 Å². The number of aliphatic hydroxyl groups is 1. The summed E-state index contributed by atoms with van der Waals surface area (Å²) in [6.45, 7) is 5.05. The molecule has 0 aliphatic carbocycles. The fourth-order valence-electron chi connectivity index (χ4n) is 4.08. The van der Waals surface area contributed by atoms with Crippen LogP contribution in [0.25, 0.3) is 11.3 Å². The zero-order valence-electron chi connectivity index (χ0n) is 16.2. The molecule has 28 heavy (non-hydrogen) atoms. The van der Waals surface area contributed by atoms with Gasteiger partial charge < -0.3 is 5.11 Å². The first-order chi connectivity index (χ1) is 13.8. The van der Waals surface area contributed by atoms with Crippen LogP contribution in [0.4, 0.5) is 0 Å². The molecule has 146 valence electrons. The summed E-state index contributed by atoms with van der Waals surface area (Å²) >= 11 is 0. The molecule has 5 nitrogen and oxygen atoms in total. The van der Waals surface area contributed by atoms with Crippen molar-refractivity contribution in [3.8, 4) is 11.3 Å².